The lowest BCUT2D eigenvalue weighted by atomic mass is 9.93. The Kier molecular flexibility index (Phi) is 4.01. The first kappa shape index (κ1) is 13.4. The second-order valence-electron chi connectivity index (χ2n) is 4.35. The fraction of sp³-hybridized carbons (Fsp3) is 0.364. The van der Waals surface area contributed by atoms with Crippen molar-refractivity contribution in [2.75, 3.05) is 6.54 Å². The van der Waals surface area contributed by atoms with E-state index in [1.165, 1.54) is 18.5 Å². The molecule has 1 rings (SSSR count). The molecule has 0 aliphatic carbocycles. The third-order valence-electron chi connectivity index (χ3n) is 2.43. The first-order valence-corrected chi connectivity index (χ1v) is 5.50. The molecule has 92 valence electrons. The number of nitrogens with one attached hydrogen (secondary N) is 2. The van der Waals surface area contributed by atoms with Gasteiger partial charge in [0.1, 0.15) is 5.56 Å². The number of carbonyl (C=O) groups is 1. The summed E-state index contributed by atoms with van der Waals surface area (Å²) in [7, 11) is 0. The maximum absolute atomic E-state index is 11.7. The summed E-state index contributed by atoms with van der Waals surface area (Å²) in [5.74, 6) is -0.434. The van der Waals surface area contributed by atoms with Crippen molar-refractivity contribution in [3.63, 3.8) is 0 Å². The van der Waals surface area contributed by atoms with E-state index in [9.17, 15) is 9.59 Å². The fourth-order valence-corrected chi connectivity index (χ4v) is 1.15. The molecule has 0 aliphatic rings. The lowest BCUT2D eigenvalue weighted by Crippen LogP contribution is -2.42. The Morgan fingerprint density at radius 1 is 1.59 bits per heavy atom. The molecule has 0 spiro atoms. The van der Waals surface area contributed by atoms with Crippen LogP contribution in [-0.4, -0.2) is 22.4 Å². The molecule has 4 N–H and O–H groups in total. The van der Waals surface area contributed by atoms with Gasteiger partial charge in [0.05, 0.1) is 4.99 Å². The predicted octanol–water partition coefficient (Wildman–Crippen LogP) is 0.417. The van der Waals surface area contributed by atoms with Crippen LogP contribution in [0.5, 0.6) is 0 Å². The molecule has 0 bridgehead atoms. The maximum atomic E-state index is 11.7. The first-order valence-electron chi connectivity index (χ1n) is 5.10. The third kappa shape index (κ3) is 3.39. The minimum atomic E-state index is -0.480. The van der Waals surface area contributed by atoms with E-state index in [2.05, 4.69) is 10.3 Å². The number of H-pyrrole nitrogens is 1. The number of thiocarbonyl (C=S) groups is 1. The zero-order chi connectivity index (χ0) is 13.1. The van der Waals surface area contributed by atoms with Gasteiger partial charge >= 0.3 is 0 Å². The number of rotatable bonds is 4. The Balaban J connectivity index is 2.73. The van der Waals surface area contributed by atoms with E-state index in [1.54, 1.807) is 0 Å². The molecular weight excluding hydrogens is 238 g/mol. The van der Waals surface area contributed by atoms with Crippen molar-refractivity contribution in [2.45, 2.75) is 13.8 Å². The van der Waals surface area contributed by atoms with E-state index in [4.69, 9.17) is 18.0 Å². The van der Waals surface area contributed by atoms with Crippen LogP contribution in [0.1, 0.15) is 24.2 Å². The van der Waals surface area contributed by atoms with E-state index >= 15 is 0 Å². The van der Waals surface area contributed by atoms with E-state index < -0.39 is 11.3 Å². The quantitative estimate of drug-likeness (QED) is 0.678. The normalized spacial score (nSPS) is 10.9. The average Bonchev–Trinajstić information content (AvgIpc) is 2.26. The number of aromatic nitrogens is 1. The monoisotopic (exact) mass is 253 g/mol. The number of hydrogen-bond acceptors (Lipinski definition) is 3. The van der Waals surface area contributed by atoms with Crippen LogP contribution in [0.15, 0.2) is 23.3 Å². The average molecular weight is 253 g/mol. The van der Waals surface area contributed by atoms with Gasteiger partial charge in [-0.15, -0.1) is 0 Å². The summed E-state index contributed by atoms with van der Waals surface area (Å²) in [5, 5.41) is 2.63. The molecule has 1 heterocycles. The molecule has 6 heteroatoms. The van der Waals surface area contributed by atoms with Crippen molar-refractivity contribution < 1.29 is 4.79 Å². The van der Waals surface area contributed by atoms with Gasteiger partial charge < -0.3 is 16.0 Å². The van der Waals surface area contributed by atoms with Gasteiger partial charge in [0.25, 0.3) is 5.91 Å². The van der Waals surface area contributed by atoms with Crippen LogP contribution >= 0.6 is 12.2 Å². The van der Waals surface area contributed by atoms with Crippen LogP contribution in [0.4, 0.5) is 0 Å². The standard InChI is InChI=1S/C11H15N3O2S/c1-11(2,10(12)17)6-14-9(16)7-5-13-4-3-8(7)15/h3-5H,6H2,1-2H3,(H2,12,17)(H,13,15)(H,14,16). The number of hydrogen-bond donors (Lipinski definition) is 3. The maximum Gasteiger partial charge on any atom is 0.256 e. The summed E-state index contributed by atoms with van der Waals surface area (Å²) < 4.78 is 0. The van der Waals surface area contributed by atoms with Crippen molar-refractivity contribution in [1.82, 2.24) is 10.3 Å². The number of amides is 1. The van der Waals surface area contributed by atoms with Crippen LogP contribution < -0.4 is 16.5 Å². The van der Waals surface area contributed by atoms with Crippen LogP contribution in [0, 0.1) is 5.41 Å². The van der Waals surface area contributed by atoms with Crippen LogP contribution in [0.2, 0.25) is 0 Å². The van der Waals surface area contributed by atoms with E-state index in [-0.39, 0.29) is 17.5 Å². The van der Waals surface area contributed by atoms with Crippen molar-refractivity contribution in [3.05, 3.63) is 34.2 Å². The van der Waals surface area contributed by atoms with Gasteiger partial charge in [0.15, 0.2) is 5.43 Å². The molecule has 1 aromatic heterocycles. The highest BCUT2D eigenvalue weighted by Gasteiger charge is 2.22. The fourth-order valence-electron chi connectivity index (χ4n) is 1.08. The highest BCUT2D eigenvalue weighted by molar-refractivity contribution is 7.80. The van der Waals surface area contributed by atoms with Gasteiger partial charge in [0, 0.05) is 30.4 Å². The van der Waals surface area contributed by atoms with Crippen molar-refractivity contribution in [3.8, 4) is 0 Å². The summed E-state index contributed by atoms with van der Waals surface area (Å²) in [6.07, 6.45) is 2.84. The second kappa shape index (κ2) is 5.09. The summed E-state index contributed by atoms with van der Waals surface area (Å²) in [4.78, 5) is 26.1. The zero-order valence-corrected chi connectivity index (χ0v) is 10.6. The number of nitrogens with two attached hydrogens (primary N) is 1. The smallest absolute Gasteiger partial charge is 0.256 e. The lowest BCUT2D eigenvalue weighted by Gasteiger charge is -2.23. The molecule has 5 nitrogen and oxygen atoms in total. The minimum absolute atomic E-state index is 0.0752. The number of aromatic amines is 1. The van der Waals surface area contributed by atoms with Gasteiger partial charge in [-0.05, 0) is 0 Å². The summed E-state index contributed by atoms with van der Waals surface area (Å²) in [5.41, 5.74) is 4.81. The molecule has 0 unspecified atom stereocenters. The van der Waals surface area contributed by atoms with Crippen molar-refractivity contribution in [2.24, 2.45) is 11.1 Å². The number of pyridine rings is 1. The molecule has 0 saturated carbocycles. The van der Waals surface area contributed by atoms with Gasteiger partial charge in [0.2, 0.25) is 0 Å². The van der Waals surface area contributed by atoms with E-state index in [0.717, 1.165) is 0 Å². The summed E-state index contributed by atoms with van der Waals surface area (Å²) in [6, 6.07) is 1.30. The summed E-state index contributed by atoms with van der Waals surface area (Å²) >= 11 is 4.88. The largest absolute Gasteiger partial charge is 0.393 e. The molecule has 17 heavy (non-hydrogen) atoms. The van der Waals surface area contributed by atoms with Gasteiger partial charge in [-0.25, -0.2) is 0 Å². The van der Waals surface area contributed by atoms with Crippen molar-refractivity contribution in [1.29, 1.82) is 0 Å². The Hall–Kier alpha value is -1.69. The molecule has 0 aromatic carbocycles. The van der Waals surface area contributed by atoms with Gasteiger partial charge in [-0.1, -0.05) is 26.1 Å². The first-order chi connectivity index (χ1) is 7.84. The second-order valence-corrected chi connectivity index (χ2v) is 4.79. The minimum Gasteiger partial charge on any atom is -0.393 e. The Morgan fingerprint density at radius 3 is 2.76 bits per heavy atom. The molecule has 0 atom stereocenters. The molecule has 1 aromatic rings. The number of carbonyl (C=O) groups excluding carboxylic acids is 1. The molecule has 0 aliphatic heterocycles. The van der Waals surface area contributed by atoms with E-state index in [1.807, 2.05) is 13.8 Å². The molecule has 0 saturated heterocycles. The van der Waals surface area contributed by atoms with Crippen LogP contribution in [0.25, 0.3) is 0 Å². The van der Waals surface area contributed by atoms with Gasteiger partial charge in [-0.3, -0.25) is 9.59 Å². The van der Waals surface area contributed by atoms with Crippen molar-refractivity contribution >= 4 is 23.1 Å². The molecule has 0 fully saturated rings. The molecule has 1 amide bonds. The zero-order valence-electron chi connectivity index (χ0n) is 9.74. The SMILES string of the molecule is CC(C)(CNC(=O)c1c[nH]ccc1=O)C(N)=S. The van der Waals surface area contributed by atoms with Crippen LogP contribution in [0.3, 0.4) is 0 Å². The topological polar surface area (TPSA) is 88.0 Å². The Bertz CT molecular complexity index is 493. The van der Waals surface area contributed by atoms with E-state index in [0.29, 0.717) is 4.99 Å². The summed E-state index contributed by atoms with van der Waals surface area (Å²) in [6.45, 7) is 3.94. The predicted molar refractivity (Wildman–Crippen MR) is 70.0 cm³/mol. The molecule has 0 radical (unpaired) electrons. The highest BCUT2D eigenvalue weighted by atomic mass is 32.1. The highest BCUT2D eigenvalue weighted by Crippen LogP contribution is 2.13. The van der Waals surface area contributed by atoms with Gasteiger partial charge in [-0.2, -0.15) is 0 Å². The third-order valence-corrected chi connectivity index (χ3v) is 2.98. The Labute approximate surface area is 104 Å². The molecular formula is C11H15N3O2S. The lowest BCUT2D eigenvalue weighted by molar-refractivity contribution is 0.0943. The Morgan fingerprint density at radius 2 is 2.24 bits per heavy atom. The van der Waals surface area contributed by atoms with Crippen LogP contribution in [-0.2, 0) is 0 Å².